The summed E-state index contributed by atoms with van der Waals surface area (Å²) in [5.41, 5.74) is 7.28. The van der Waals surface area contributed by atoms with Gasteiger partial charge in [-0.2, -0.15) is 0 Å². The lowest BCUT2D eigenvalue weighted by molar-refractivity contribution is -0.154. The fourth-order valence-electron chi connectivity index (χ4n) is 6.98. The van der Waals surface area contributed by atoms with E-state index in [-0.39, 0.29) is 30.5 Å². The van der Waals surface area contributed by atoms with Gasteiger partial charge in [-0.3, -0.25) is 9.59 Å². The van der Waals surface area contributed by atoms with Crippen molar-refractivity contribution in [2.24, 2.45) is 5.73 Å². The molecule has 1 saturated heterocycles. The number of amides is 3. The number of piperazine rings is 1. The molecule has 0 atom stereocenters. The summed E-state index contributed by atoms with van der Waals surface area (Å²) in [6, 6.07) is 28.7. The molecule has 0 spiro atoms. The summed E-state index contributed by atoms with van der Waals surface area (Å²) in [6.07, 6.45) is 9.06. The Labute approximate surface area is 301 Å². The maximum absolute atomic E-state index is 13.1. The Morgan fingerprint density at radius 1 is 0.569 bits per heavy atom. The molecule has 2 saturated carbocycles. The molecule has 10 heteroatoms. The van der Waals surface area contributed by atoms with E-state index in [1.165, 1.54) is 6.42 Å². The third kappa shape index (κ3) is 10.9. The Balaban J connectivity index is 0.000000248. The van der Waals surface area contributed by atoms with Gasteiger partial charge in [0.15, 0.2) is 0 Å². The third-order valence-electron chi connectivity index (χ3n) is 10.1. The van der Waals surface area contributed by atoms with Crippen molar-refractivity contribution in [3.05, 3.63) is 108 Å². The van der Waals surface area contributed by atoms with E-state index < -0.39 is 11.1 Å². The highest BCUT2D eigenvalue weighted by atomic mass is 16.5. The van der Waals surface area contributed by atoms with Gasteiger partial charge in [0, 0.05) is 26.2 Å². The van der Waals surface area contributed by atoms with Crippen LogP contribution in [0.4, 0.5) is 4.79 Å². The Morgan fingerprint density at radius 2 is 1.00 bits per heavy atom. The van der Waals surface area contributed by atoms with Crippen LogP contribution in [0.2, 0.25) is 0 Å². The molecule has 3 N–H and O–H groups in total. The minimum atomic E-state index is -0.982. The summed E-state index contributed by atoms with van der Waals surface area (Å²) in [4.78, 5) is 54.3. The second-order valence-electron chi connectivity index (χ2n) is 13.9. The molecule has 0 aromatic heterocycles. The Hall–Kier alpha value is -4.70. The molecule has 2 aliphatic carbocycles. The normalized spacial score (nSPS) is 18.0. The van der Waals surface area contributed by atoms with Gasteiger partial charge in [-0.1, -0.05) is 130 Å². The Morgan fingerprint density at radius 3 is 1.51 bits per heavy atom. The number of hydrogen-bond acceptors (Lipinski definition) is 7. The van der Waals surface area contributed by atoms with Gasteiger partial charge in [0.05, 0.1) is 6.42 Å². The van der Waals surface area contributed by atoms with Crippen molar-refractivity contribution in [3.8, 4) is 0 Å². The zero-order chi connectivity index (χ0) is 35.9. The topological polar surface area (TPSA) is 131 Å². The first-order chi connectivity index (χ1) is 24.8. The van der Waals surface area contributed by atoms with Crippen molar-refractivity contribution in [1.82, 2.24) is 15.1 Å². The molecule has 3 aliphatic rings. The van der Waals surface area contributed by atoms with E-state index in [0.29, 0.717) is 52.0 Å². The monoisotopic (exact) mass is 696 g/mol. The fourth-order valence-corrected chi connectivity index (χ4v) is 6.98. The standard InChI is InChI=1S/C27H33N3O4.C14H19NO2/c31-24(20-22-10-4-1-5-11-22)29-16-18-30(19-17-29)26(33)28-27(14-8-3-9-15-27)25(32)34-21-23-12-6-2-7-13-23;15-14(9-5-2-6-10-14)13(16)17-11-12-7-3-1-4-8-12/h1-2,4-7,10-13H,3,8-9,14-21H2,(H,28,33);1,3-4,7-8H,2,5-6,9-11,15H2. The van der Waals surface area contributed by atoms with Gasteiger partial charge < -0.3 is 30.3 Å². The van der Waals surface area contributed by atoms with Crippen molar-refractivity contribution >= 4 is 23.9 Å². The quantitative estimate of drug-likeness (QED) is 0.266. The predicted molar refractivity (Wildman–Crippen MR) is 195 cm³/mol. The lowest BCUT2D eigenvalue weighted by Crippen LogP contribution is -2.61. The van der Waals surface area contributed by atoms with E-state index in [1.54, 1.807) is 9.80 Å². The smallest absolute Gasteiger partial charge is 0.332 e. The van der Waals surface area contributed by atoms with Crippen LogP contribution in [0.1, 0.15) is 80.9 Å². The van der Waals surface area contributed by atoms with Crippen LogP contribution in [0, 0.1) is 0 Å². The second kappa shape index (κ2) is 18.5. The molecular formula is C41H52N4O6. The van der Waals surface area contributed by atoms with Gasteiger partial charge in [-0.25, -0.2) is 9.59 Å². The number of nitrogens with zero attached hydrogens (tertiary/aromatic N) is 2. The third-order valence-corrected chi connectivity index (χ3v) is 10.1. The van der Waals surface area contributed by atoms with E-state index in [2.05, 4.69) is 5.32 Å². The minimum absolute atomic E-state index is 0.0690. The zero-order valence-corrected chi connectivity index (χ0v) is 29.6. The van der Waals surface area contributed by atoms with Crippen LogP contribution in [0.3, 0.4) is 0 Å². The summed E-state index contributed by atoms with van der Waals surface area (Å²) in [5.74, 6) is -0.540. The van der Waals surface area contributed by atoms with E-state index >= 15 is 0 Å². The van der Waals surface area contributed by atoms with Crippen molar-refractivity contribution in [1.29, 1.82) is 0 Å². The van der Waals surface area contributed by atoms with Crippen LogP contribution in [-0.2, 0) is 43.5 Å². The molecule has 3 amide bonds. The van der Waals surface area contributed by atoms with Gasteiger partial charge >= 0.3 is 18.0 Å². The first kappa shape index (κ1) is 37.6. The number of nitrogens with two attached hydrogens (primary N) is 1. The van der Waals surface area contributed by atoms with Crippen molar-refractivity contribution in [3.63, 3.8) is 0 Å². The number of carbonyl (C=O) groups excluding carboxylic acids is 4. The molecule has 1 aliphatic heterocycles. The molecule has 10 nitrogen and oxygen atoms in total. The number of urea groups is 1. The molecule has 3 fully saturated rings. The Bertz CT molecular complexity index is 1550. The average molecular weight is 697 g/mol. The van der Waals surface area contributed by atoms with Crippen molar-refractivity contribution < 1.29 is 28.7 Å². The maximum Gasteiger partial charge on any atom is 0.332 e. The highest BCUT2D eigenvalue weighted by Gasteiger charge is 2.43. The predicted octanol–water partition coefficient (Wildman–Crippen LogP) is 5.92. The first-order valence-corrected chi connectivity index (χ1v) is 18.4. The molecule has 6 rings (SSSR count). The summed E-state index contributed by atoms with van der Waals surface area (Å²) >= 11 is 0. The zero-order valence-electron chi connectivity index (χ0n) is 29.6. The molecule has 51 heavy (non-hydrogen) atoms. The largest absolute Gasteiger partial charge is 0.459 e. The van der Waals surface area contributed by atoms with Crippen LogP contribution < -0.4 is 11.1 Å². The van der Waals surface area contributed by atoms with Gasteiger partial charge in [-0.05, 0) is 42.4 Å². The van der Waals surface area contributed by atoms with E-state index in [1.807, 2.05) is 91.0 Å². The number of esters is 2. The van der Waals surface area contributed by atoms with Crippen molar-refractivity contribution in [2.45, 2.75) is 94.9 Å². The number of hydrogen-bond donors (Lipinski definition) is 2. The average Bonchev–Trinajstić information content (AvgIpc) is 3.18. The molecule has 1 heterocycles. The van der Waals surface area contributed by atoms with Crippen LogP contribution in [-0.4, -0.2) is 70.9 Å². The maximum atomic E-state index is 13.1. The Kier molecular flexibility index (Phi) is 13.6. The lowest BCUT2D eigenvalue weighted by Gasteiger charge is -2.40. The van der Waals surface area contributed by atoms with Gasteiger partial charge in [-0.15, -0.1) is 0 Å². The number of carbonyl (C=O) groups is 4. The van der Waals surface area contributed by atoms with Gasteiger partial charge in [0.25, 0.3) is 0 Å². The fraction of sp³-hybridized carbons (Fsp3) is 0.463. The SMILES string of the molecule is NC1(C(=O)OCc2ccccc2)CCCCC1.O=C(Cc1ccccc1)N1CCN(C(=O)NC2(C(=O)OCc3ccccc3)CCCCC2)CC1. The first-order valence-electron chi connectivity index (χ1n) is 18.4. The molecular weight excluding hydrogens is 644 g/mol. The highest BCUT2D eigenvalue weighted by Crippen LogP contribution is 2.30. The number of ether oxygens (including phenoxy) is 2. The molecule has 0 radical (unpaired) electrons. The number of nitrogens with one attached hydrogen (secondary N) is 1. The van der Waals surface area contributed by atoms with E-state index in [4.69, 9.17) is 15.2 Å². The molecule has 272 valence electrons. The van der Waals surface area contributed by atoms with Crippen LogP contribution in [0.5, 0.6) is 0 Å². The molecule has 3 aromatic carbocycles. The van der Waals surface area contributed by atoms with Crippen LogP contribution in [0.15, 0.2) is 91.0 Å². The summed E-state index contributed by atoms with van der Waals surface area (Å²) in [7, 11) is 0. The molecule has 0 bridgehead atoms. The van der Waals surface area contributed by atoms with Crippen molar-refractivity contribution in [2.75, 3.05) is 26.2 Å². The minimum Gasteiger partial charge on any atom is -0.459 e. The highest BCUT2D eigenvalue weighted by molar-refractivity contribution is 5.88. The van der Waals surface area contributed by atoms with Crippen LogP contribution in [0.25, 0.3) is 0 Å². The second-order valence-corrected chi connectivity index (χ2v) is 13.9. The summed E-state index contributed by atoms with van der Waals surface area (Å²) < 4.78 is 10.9. The molecule has 3 aromatic rings. The molecule has 0 unspecified atom stereocenters. The van der Waals surface area contributed by atoms with Crippen LogP contribution >= 0.6 is 0 Å². The van der Waals surface area contributed by atoms with Gasteiger partial charge in [0.2, 0.25) is 5.91 Å². The summed E-state index contributed by atoms with van der Waals surface area (Å²) in [6.45, 7) is 2.39. The van der Waals surface area contributed by atoms with E-state index in [0.717, 1.165) is 61.6 Å². The number of rotatable bonds is 9. The van der Waals surface area contributed by atoms with E-state index in [9.17, 15) is 19.2 Å². The summed E-state index contributed by atoms with van der Waals surface area (Å²) in [5, 5.41) is 3.03. The lowest BCUT2D eigenvalue weighted by atomic mass is 9.81. The van der Waals surface area contributed by atoms with Gasteiger partial charge in [0.1, 0.15) is 24.3 Å². The number of benzene rings is 3.